The van der Waals surface area contributed by atoms with E-state index in [0.29, 0.717) is 10.6 Å². The van der Waals surface area contributed by atoms with Crippen molar-refractivity contribution in [2.24, 2.45) is 0 Å². The lowest BCUT2D eigenvalue weighted by molar-refractivity contribution is -0.151. The fraction of sp³-hybridized carbons (Fsp3) is 0.217. The van der Waals surface area contributed by atoms with Crippen LogP contribution in [0.25, 0.3) is 0 Å². The van der Waals surface area contributed by atoms with Gasteiger partial charge in [0, 0.05) is 30.2 Å². The highest BCUT2D eigenvalue weighted by molar-refractivity contribution is 6.30. The van der Waals surface area contributed by atoms with Crippen molar-refractivity contribution in [3.63, 3.8) is 0 Å². The highest BCUT2D eigenvalue weighted by atomic mass is 35.5. The second-order valence-electron chi connectivity index (χ2n) is 7.56. The number of carbonyl (C=O) groups is 1. The first-order valence-electron chi connectivity index (χ1n) is 9.42. The molecule has 5 rings (SSSR count). The second-order valence-corrected chi connectivity index (χ2v) is 8.00. The molecule has 0 radical (unpaired) electrons. The molecule has 4 nitrogen and oxygen atoms in total. The Morgan fingerprint density at radius 3 is 2.50 bits per heavy atom. The Hall–Kier alpha value is -2.83. The van der Waals surface area contributed by atoms with Gasteiger partial charge in [0.1, 0.15) is 11.4 Å². The lowest BCUT2D eigenvalue weighted by Crippen LogP contribution is -2.51. The summed E-state index contributed by atoms with van der Waals surface area (Å²) in [7, 11) is 0. The molecule has 0 bridgehead atoms. The summed E-state index contributed by atoms with van der Waals surface area (Å²) in [5.74, 6) is -0.790. The first-order chi connectivity index (χ1) is 14.4. The minimum Gasteiger partial charge on any atom is -0.476 e. The van der Waals surface area contributed by atoms with Gasteiger partial charge in [-0.3, -0.25) is 9.78 Å². The Morgan fingerprint density at radius 2 is 1.83 bits per heavy atom. The third kappa shape index (κ3) is 2.41. The molecular formula is C23H16ClF2NO3. The number of aromatic nitrogens is 1. The summed E-state index contributed by atoms with van der Waals surface area (Å²) in [5, 5.41) is 12.1. The number of aliphatic hydroxyl groups is 1. The standard InChI is InChI=1S/C23H16ClF2NO3/c24-16-10-18-20(27-12-16)22(29)19(28)11-17(13-4-2-1-3-5-13)23(22,30-18)15-8-6-14(7-9-15)21(25)26/h1-10,12,17,21,29H,11H2. The zero-order valence-corrected chi connectivity index (χ0v) is 16.3. The van der Waals surface area contributed by atoms with Crippen LogP contribution < -0.4 is 4.74 Å². The molecule has 30 heavy (non-hydrogen) atoms. The minimum atomic E-state index is -2.63. The van der Waals surface area contributed by atoms with E-state index in [1.165, 1.54) is 36.5 Å². The average molecular weight is 428 g/mol. The van der Waals surface area contributed by atoms with Gasteiger partial charge in [-0.15, -0.1) is 0 Å². The van der Waals surface area contributed by atoms with Gasteiger partial charge in [0.05, 0.1) is 5.02 Å². The number of benzene rings is 2. The van der Waals surface area contributed by atoms with Crippen LogP contribution in [0.4, 0.5) is 8.78 Å². The van der Waals surface area contributed by atoms with Gasteiger partial charge in [-0.1, -0.05) is 66.2 Å². The van der Waals surface area contributed by atoms with Crippen LogP contribution in [0.15, 0.2) is 66.9 Å². The molecule has 3 atom stereocenters. The van der Waals surface area contributed by atoms with Crippen LogP contribution in [0.3, 0.4) is 0 Å². The highest BCUT2D eigenvalue weighted by Gasteiger charge is 2.73. The fourth-order valence-corrected chi connectivity index (χ4v) is 4.86. The van der Waals surface area contributed by atoms with Crippen molar-refractivity contribution in [2.45, 2.75) is 30.0 Å². The van der Waals surface area contributed by atoms with Crippen molar-refractivity contribution in [3.8, 4) is 5.75 Å². The molecule has 3 unspecified atom stereocenters. The van der Waals surface area contributed by atoms with Gasteiger partial charge in [-0.2, -0.15) is 0 Å². The lowest BCUT2D eigenvalue weighted by atomic mass is 9.72. The number of alkyl halides is 2. The number of ketones is 1. The number of rotatable bonds is 3. The summed E-state index contributed by atoms with van der Waals surface area (Å²) < 4.78 is 32.6. The van der Waals surface area contributed by atoms with Crippen LogP contribution in [0, 0.1) is 0 Å². The highest BCUT2D eigenvalue weighted by Crippen LogP contribution is 2.64. The van der Waals surface area contributed by atoms with E-state index in [4.69, 9.17) is 16.3 Å². The van der Waals surface area contributed by atoms with Crippen molar-refractivity contribution in [1.29, 1.82) is 0 Å². The smallest absolute Gasteiger partial charge is 0.263 e. The summed E-state index contributed by atoms with van der Waals surface area (Å²) in [5.41, 5.74) is -2.47. The lowest BCUT2D eigenvalue weighted by Gasteiger charge is -2.38. The fourth-order valence-electron chi connectivity index (χ4n) is 4.72. The third-order valence-electron chi connectivity index (χ3n) is 6.05. The van der Waals surface area contributed by atoms with Crippen molar-refractivity contribution in [3.05, 3.63) is 94.3 Å². The molecular weight excluding hydrogens is 412 g/mol. The maximum absolute atomic E-state index is 13.2. The van der Waals surface area contributed by atoms with E-state index in [1.807, 2.05) is 30.3 Å². The summed E-state index contributed by atoms with van der Waals surface area (Å²) in [6.45, 7) is 0. The molecule has 1 N–H and O–H groups in total. The van der Waals surface area contributed by atoms with E-state index < -0.39 is 29.3 Å². The summed E-state index contributed by atoms with van der Waals surface area (Å²) in [6.07, 6.45) is -1.27. The monoisotopic (exact) mass is 427 g/mol. The molecule has 152 valence electrons. The molecule has 0 amide bonds. The normalized spacial score (nSPS) is 27.1. The van der Waals surface area contributed by atoms with Crippen LogP contribution in [-0.4, -0.2) is 15.9 Å². The SMILES string of the molecule is O=C1CC(c2ccccc2)C2(c3ccc(C(F)F)cc3)Oc3cc(Cl)cnc3C12O. The Balaban J connectivity index is 1.78. The van der Waals surface area contributed by atoms with Gasteiger partial charge >= 0.3 is 0 Å². The summed E-state index contributed by atoms with van der Waals surface area (Å²) >= 11 is 6.07. The van der Waals surface area contributed by atoms with E-state index in [-0.39, 0.29) is 23.4 Å². The molecule has 3 aromatic rings. The molecule has 1 saturated carbocycles. The Bertz CT molecular complexity index is 1140. The van der Waals surface area contributed by atoms with Crippen molar-refractivity contribution in [2.75, 3.05) is 0 Å². The quantitative estimate of drug-likeness (QED) is 0.645. The number of hydrogen-bond donors (Lipinski definition) is 1. The number of pyridine rings is 1. The number of carbonyl (C=O) groups excluding carboxylic acids is 1. The molecule has 2 aliphatic rings. The Kier molecular flexibility index (Phi) is 4.21. The van der Waals surface area contributed by atoms with Gasteiger partial charge in [-0.25, -0.2) is 8.78 Å². The van der Waals surface area contributed by atoms with Gasteiger partial charge in [0.25, 0.3) is 6.43 Å². The second kappa shape index (κ2) is 6.59. The molecule has 0 spiro atoms. The molecule has 1 aromatic heterocycles. The van der Waals surface area contributed by atoms with Crippen molar-refractivity contribution >= 4 is 17.4 Å². The first kappa shape index (κ1) is 19.2. The Labute approximate surface area is 176 Å². The van der Waals surface area contributed by atoms with E-state index in [2.05, 4.69) is 4.98 Å². The van der Waals surface area contributed by atoms with Crippen molar-refractivity contribution in [1.82, 2.24) is 4.98 Å². The molecule has 0 saturated heterocycles. The number of fused-ring (bicyclic) bond motifs is 3. The van der Waals surface area contributed by atoms with Crippen molar-refractivity contribution < 1.29 is 23.4 Å². The first-order valence-corrected chi connectivity index (χ1v) is 9.80. The predicted octanol–water partition coefficient (Wildman–Crippen LogP) is 4.90. The molecule has 7 heteroatoms. The van der Waals surface area contributed by atoms with Gasteiger partial charge in [0.2, 0.25) is 5.60 Å². The average Bonchev–Trinajstić information content (AvgIpc) is 3.14. The number of halogens is 3. The molecule has 1 fully saturated rings. The van der Waals surface area contributed by atoms with Crippen LogP contribution >= 0.6 is 11.6 Å². The topological polar surface area (TPSA) is 59.4 Å². The summed E-state index contributed by atoms with van der Waals surface area (Å²) in [6, 6.07) is 16.3. The molecule has 2 aromatic carbocycles. The Morgan fingerprint density at radius 1 is 1.13 bits per heavy atom. The van der Waals surface area contributed by atoms with Gasteiger partial charge in [-0.05, 0) is 11.1 Å². The zero-order valence-electron chi connectivity index (χ0n) is 15.6. The summed E-state index contributed by atoms with van der Waals surface area (Å²) in [4.78, 5) is 17.5. The van der Waals surface area contributed by atoms with Crippen LogP contribution in [0.2, 0.25) is 5.02 Å². The number of ether oxygens (including phenoxy) is 1. The maximum atomic E-state index is 13.2. The zero-order chi connectivity index (χ0) is 21.1. The van der Waals surface area contributed by atoms with Gasteiger partial charge < -0.3 is 9.84 Å². The van der Waals surface area contributed by atoms with Crippen LogP contribution in [0.5, 0.6) is 5.75 Å². The molecule has 2 heterocycles. The van der Waals surface area contributed by atoms with E-state index >= 15 is 0 Å². The van der Waals surface area contributed by atoms with E-state index in [0.717, 1.165) is 5.56 Å². The maximum Gasteiger partial charge on any atom is 0.263 e. The van der Waals surface area contributed by atoms with Crippen LogP contribution in [0.1, 0.15) is 41.1 Å². The van der Waals surface area contributed by atoms with Crippen LogP contribution in [-0.2, 0) is 16.0 Å². The number of Topliss-reactive ketones (excluding diaryl/α,β-unsaturated/α-hetero) is 1. The largest absolute Gasteiger partial charge is 0.476 e. The molecule has 1 aliphatic carbocycles. The number of nitrogens with zero attached hydrogens (tertiary/aromatic N) is 1. The molecule has 1 aliphatic heterocycles. The number of hydrogen-bond acceptors (Lipinski definition) is 4. The predicted molar refractivity (Wildman–Crippen MR) is 106 cm³/mol. The van der Waals surface area contributed by atoms with Gasteiger partial charge in [0.15, 0.2) is 11.4 Å². The van der Waals surface area contributed by atoms with E-state index in [1.54, 1.807) is 0 Å². The third-order valence-corrected chi connectivity index (χ3v) is 6.25. The minimum absolute atomic E-state index is 0.0147. The van der Waals surface area contributed by atoms with E-state index in [9.17, 15) is 18.7 Å².